The van der Waals surface area contributed by atoms with E-state index in [1.54, 1.807) is 0 Å². The summed E-state index contributed by atoms with van der Waals surface area (Å²) in [5.41, 5.74) is 0. The van der Waals surface area contributed by atoms with E-state index in [9.17, 15) is 0 Å². The second-order valence-corrected chi connectivity index (χ2v) is 6.53. The van der Waals surface area contributed by atoms with Crippen molar-refractivity contribution in [1.82, 2.24) is 20.0 Å². The van der Waals surface area contributed by atoms with Gasteiger partial charge in [0.25, 0.3) is 0 Å². The van der Waals surface area contributed by atoms with Gasteiger partial charge in [0, 0.05) is 58.9 Å². The normalized spacial score (nSPS) is 28.4. The summed E-state index contributed by atoms with van der Waals surface area (Å²) >= 11 is 0. The first-order valence-corrected chi connectivity index (χ1v) is 8.28. The average molecular weight is 266 g/mol. The minimum Gasteiger partial charge on any atom is -0.315 e. The molecular formula is C15H30N4. The molecular weight excluding hydrogens is 236 g/mol. The van der Waals surface area contributed by atoms with Crippen molar-refractivity contribution in [3.8, 4) is 0 Å². The van der Waals surface area contributed by atoms with Crippen molar-refractivity contribution in [3.05, 3.63) is 0 Å². The molecule has 3 fully saturated rings. The lowest BCUT2D eigenvalue weighted by Crippen LogP contribution is -2.49. The number of nitrogens with one attached hydrogen (secondary N) is 1. The molecule has 0 atom stereocenters. The fraction of sp³-hybridized carbons (Fsp3) is 1.00. The Kier molecular flexibility index (Phi) is 5.10. The first-order valence-electron chi connectivity index (χ1n) is 8.28. The Hall–Kier alpha value is -0.160. The highest BCUT2D eigenvalue weighted by atomic mass is 15.3. The van der Waals surface area contributed by atoms with E-state index >= 15 is 0 Å². The van der Waals surface area contributed by atoms with Crippen LogP contribution in [-0.2, 0) is 0 Å². The molecule has 0 amide bonds. The largest absolute Gasteiger partial charge is 0.315 e. The molecule has 0 spiro atoms. The van der Waals surface area contributed by atoms with Crippen molar-refractivity contribution in [2.24, 2.45) is 5.92 Å². The van der Waals surface area contributed by atoms with Crippen LogP contribution in [0.15, 0.2) is 0 Å². The Labute approximate surface area is 118 Å². The van der Waals surface area contributed by atoms with Crippen LogP contribution in [0.1, 0.15) is 19.3 Å². The van der Waals surface area contributed by atoms with Crippen LogP contribution < -0.4 is 5.32 Å². The minimum absolute atomic E-state index is 1.05. The number of hydrogen-bond acceptors (Lipinski definition) is 4. The second-order valence-electron chi connectivity index (χ2n) is 6.53. The Bertz CT molecular complexity index is 251. The maximum absolute atomic E-state index is 3.48. The highest BCUT2D eigenvalue weighted by molar-refractivity contribution is 4.81. The van der Waals surface area contributed by atoms with E-state index in [-0.39, 0.29) is 0 Å². The third-order valence-electron chi connectivity index (χ3n) is 4.84. The van der Waals surface area contributed by atoms with Crippen LogP contribution in [0.3, 0.4) is 0 Å². The van der Waals surface area contributed by atoms with E-state index in [1.165, 1.54) is 91.3 Å². The standard InChI is InChI=1S/C15H30N4/c1-4-16-5-7-17(6-1)8-9-18-10-12-19(13-11-18)14-15-2-3-15/h15-16H,1-14H2. The molecule has 1 aliphatic carbocycles. The van der Waals surface area contributed by atoms with Crippen LogP contribution in [0.5, 0.6) is 0 Å². The van der Waals surface area contributed by atoms with Crippen molar-refractivity contribution in [2.75, 3.05) is 72.0 Å². The highest BCUT2D eigenvalue weighted by Gasteiger charge is 2.26. The first-order chi connectivity index (χ1) is 9.40. The van der Waals surface area contributed by atoms with E-state index in [1.807, 2.05) is 0 Å². The lowest BCUT2D eigenvalue weighted by atomic mass is 10.2. The van der Waals surface area contributed by atoms with Crippen LogP contribution in [0, 0.1) is 5.92 Å². The van der Waals surface area contributed by atoms with E-state index in [0.29, 0.717) is 0 Å². The first kappa shape index (κ1) is 13.8. The summed E-state index contributed by atoms with van der Waals surface area (Å²) in [6.45, 7) is 14.0. The van der Waals surface area contributed by atoms with Crippen LogP contribution >= 0.6 is 0 Å². The van der Waals surface area contributed by atoms with Gasteiger partial charge in [0.1, 0.15) is 0 Å². The van der Waals surface area contributed by atoms with Gasteiger partial charge in [-0.05, 0) is 38.3 Å². The lowest BCUT2D eigenvalue weighted by molar-refractivity contribution is 0.116. The summed E-state index contributed by atoms with van der Waals surface area (Å²) in [6.07, 6.45) is 4.29. The van der Waals surface area contributed by atoms with Crippen LogP contribution in [0.2, 0.25) is 0 Å². The molecule has 110 valence electrons. The van der Waals surface area contributed by atoms with Gasteiger partial charge in [-0.3, -0.25) is 4.90 Å². The molecule has 3 aliphatic rings. The molecule has 0 aromatic rings. The predicted molar refractivity (Wildman–Crippen MR) is 79.5 cm³/mol. The van der Waals surface area contributed by atoms with Crippen molar-refractivity contribution in [3.63, 3.8) is 0 Å². The Balaban J connectivity index is 1.30. The molecule has 2 aliphatic heterocycles. The Morgan fingerprint density at radius 1 is 0.737 bits per heavy atom. The summed E-state index contributed by atoms with van der Waals surface area (Å²) in [5, 5.41) is 3.48. The average Bonchev–Trinajstić information content (AvgIpc) is 3.25. The van der Waals surface area contributed by atoms with Gasteiger partial charge >= 0.3 is 0 Å². The Morgan fingerprint density at radius 3 is 2.16 bits per heavy atom. The molecule has 19 heavy (non-hydrogen) atoms. The zero-order valence-corrected chi connectivity index (χ0v) is 12.3. The van der Waals surface area contributed by atoms with Crippen LogP contribution in [-0.4, -0.2) is 86.7 Å². The Morgan fingerprint density at radius 2 is 1.42 bits per heavy atom. The van der Waals surface area contributed by atoms with Crippen molar-refractivity contribution < 1.29 is 0 Å². The molecule has 0 aromatic carbocycles. The highest BCUT2D eigenvalue weighted by Crippen LogP contribution is 2.29. The fourth-order valence-corrected chi connectivity index (χ4v) is 3.27. The summed E-state index contributed by atoms with van der Waals surface area (Å²) < 4.78 is 0. The fourth-order valence-electron chi connectivity index (χ4n) is 3.27. The molecule has 4 heteroatoms. The summed E-state index contributed by atoms with van der Waals surface area (Å²) in [4.78, 5) is 7.99. The molecule has 2 saturated heterocycles. The molecule has 1 saturated carbocycles. The van der Waals surface area contributed by atoms with Gasteiger partial charge in [0.15, 0.2) is 0 Å². The van der Waals surface area contributed by atoms with E-state index in [2.05, 4.69) is 20.0 Å². The van der Waals surface area contributed by atoms with E-state index in [4.69, 9.17) is 0 Å². The third kappa shape index (κ3) is 4.71. The minimum atomic E-state index is 1.05. The van der Waals surface area contributed by atoms with E-state index < -0.39 is 0 Å². The van der Waals surface area contributed by atoms with Gasteiger partial charge in [-0.25, -0.2) is 0 Å². The SMILES string of the molecule is C1CNCCN(CCN2CCN(CC3CC3)CC2)C1. The maximum atomic E-state index is 3.48. The number of piperazine rings is 1. The van der Waals surface area contributed by atoms with Gasteiger partial charge in [-0.2, -0.15) is 0 Å². The quantitative estimate of drug-likeness (QED) is 0.773. The van der Waals surface area contributed by atoms with Gasteiger partial charge in [-0.1, -0.05) is 0 Å². The molecule has 1 N–H and O–H groups in total. The molecule has 0 radical (unpaired) electrons. The van der Waals surface area contributed by atoms with Crippen molar-refractivity contribution in [1.29, 1.82) is 0 Å². The third-order valence-corrected chi connectivity index (χ3v) is 4.84. The zero-order valence-electron chi connectivity index (χ0n) is 12.3. The van der Waals surface area contributed by atoms with Crippen molar-refractivity contribution >= 4 is 0 Å². The number of rotatable bonds is 5. The van der Waals surface area contributed by atoms with Crippen molar-refractivity contribution in [2.45, 2.75) is 19.3 Å². The predicted octanol–water partition coefficient (Wildman–Crippen LogP) is 0.309. The van der Waals surface area contributed by atoms with Gasteiger partial charge in [-0.15, -0.1) is 0 Å². The van der Waals surface area contributed by atoms with Gasteiger partial charge < -0.3 is 15.1 Å². The van der Waals surface area contributed by atoms with E-state index in [0.717, 1.165) is 5.92 Å². The summed E-state index contributed by atoms with van der Waals surface area (Å²) in [5.74, 6) is 1.05. The molecule has 4 nitrogen and oxygen atoms in total. The maximum Gasteiger partial charge on any atom is 0.0110 e. The second kappa shape index (κ2) is 7.02. The topological polar surface area (TPSA) is 21.8 Å². The molecule has 3 rings (SSSR count). The monoisotopic (exact) mass is 266 g/mol. The molecule has 0 bridgehead atoms. The lowest BCUT2D eigenvalue weighted by Gasteiger charge is -2.35. The summed E-state index contributed by atoms with van der Waals surface area (Å²) in [6, 6.07) is 0. The number of hydrogen-bond donors (Lipinski definition) is 1. The molecule has 2 heterocycles. The van der Waals surface area contributed by atoms with Gasteiger partial charge in [0.05, 0.1) is 0 Å². The summed E-state index contributed by atoms with van der Waals surface area (Å²) in [7, 11) is 0. The molecule has 0 unspecified atom stereocenters. The van der Waals surface area contributed by atoms with Crippen LogP contribution in [0.4, 0.5) is 0 Å². The smallest absolute Gasteiger partial charge is 0.0110 e. The van der Waals surface area contributed by atoms with Gasteiger partial charge in [0.2, 0.25) is 0 Å². The van der Waals surface area contributed by atoms with Crippen LogP contribution in [0.25, 0.3) is 0 Å². The number of nitrogens with zero attached hydrogens (tertiary/aromatic N) is 3. The molecule has 0 aromatic heterocycles. The zero-order chi connectivity index (χ0) is 12.9.